The van der Waals surface area contributed by atoms with E-state index in [0.717, 1.165) is 11.3 Å². The molecular weight excluding hydrogens is 262 g/mol. The summed E-state index contributed by atoms with van der Waals surface area (Å²) in [6.45, 7) is 5.67. The van der Waals surface area contributed by atoms with E-state index in [2.05, 4.69) is 36.8 Å². The minimum atomic E-state index is -0.256. The topological polar surface area (TPSA) is 60.9 Å². The average Bonchev–Trinajstić information content (AvgIpc) is 2.83. The van der Waals surface area contributed by atoms with E-state index in [-0.39, 0.29) is 11.3 Å². The van der Waals surface area contributed by atoms with Crippen LogP contribution in [-0.2, 0) is 11.8 Å². The number of carbonyl (C=O) groups is 1. The normalized spacial score (nSPS) is 20.0. The number of nitrogens with two attached hydrogens (primary N) is 1. The molecule has 2 N–H and O–H groups in total. The molecule has 106 valence electrons. The zero-order valence-corrected chi connectivity index (χ0v) is 11.9. The van der Waals surface area contributed by atoms with E-state index >= 15 is 0 Å². The first-order valence-electron chi connectivity index (χ1n) is 6.84. The van der Waals surface area contributed by atoms with Crippen molar-refractivity contribution in [3.05, 3.63) is 65.9 Å². The highest BCUT2D eigenvalue weighted by Crippen LogP contribution is 2.37. The molecule has 1 aliphatic carbocycles. The summed E-state index contributed by atoms with van der Waals surface area (Å²) in [5.41, 5.74) is 8.60. The number of carbonyl (C=O) groups excluding carboxylic acids is 1. The Labute approximate surface area is 123 Å². The van der Waals surface area contributed by atoms with Crippen LogP contribution in [0.4, 0.5) is 5.82 Å². The average molecular weight is 279 g/mol. The van der Waals surface area contributed by atoms with E-state index in [1.807, 2.05) is 24.3 Å². The Hall–Kier alpha value is -2.62. The first-order chi connectivity index (χ1) is 10.0. The van der Waals surface area contributed by atoms with Crippen molar-refractivity contribution in [2.45, 2.75) is 18.8 Å². The molecule has 0 fully saturated rings. The predicted octanol–water partition coefficient (Wildman–Crippen LogP) is 2.82. The lowest BCUT2D eigenvalue weighted by molar-refractivity contribution is 0.0950. The molecular formula is C17H17N3O. The van der Waals surface area contributed by atoms with Gasteiger partial charge in [0.15, 0.2) is 5.82 Å². The van der Waals surface area contributed by atoms with Crippen LogP contribution in [0.3, 0.4) is 0 Å². The number of aromatic nitrogens is 2. The Bertz CT molecular complexity index is 743. The fraction of sp³-hybridized carbons (Fsp3) is 0.176. The molecule has 1 aliphatic rings. The van der Waals surface area contributed by atoms with E-state index in [9.17, 15) is 4.79 Å². The van der Waals surface area contributed by atoms with E-state index in [1.165, 1.54) is 16.3 Å². The smallest absolute Gasteiger partial charge is 0.270 e. The minimum absolute atomic E-state index is 0.181. The third-order valence-electron chi connectivity index (χ3n) is 4.02. The zero-order valence-electron chi connectivity index (χ0n) is 11.9. The van der Waals surface area contributed by atoms with Crippen molar-refractivity contribution in [1.82, 2.24) is 9.78 Å². The molecule has 4 heteroatoms. The van der Waals surface area contributed by atoms with Gasteiger partial charge in [-0.2, -0.15) is 4.68 Å². The molecule has 0 aliphatic heterocycles. The Morgan fingerprint density at radius 1 is 1.43 bits per heavy atom. The van der Waals surface area contributed by atoms with Crippen LogP contribution in [0.25, 0.3) is 6.08 Å². The SMILES string of the molecule is C=CC(=O)n1nc(N)c2c1CC(C)(c1ccccc1)C=C2. The van der Waals surface area contributed by atoms with Gasteiger partial charge in [0.25, 0.3) is 5.91 Å². The first-order valence-corrected chi connectivity index (χ1v) is 6.84. The summed E-state index contributed by atoms with van der Waals surface area (Å²) in [4.78, 5) is 11.9. The van der Waals surface area contributed by atoms with Gasteiger partial charge in [-0.1, -0.05) is 56.0 Å². The zero-order chi connectivity index (χ0) is 15.0. The molecule has 0 radical (unpaired) electrons. The maximum Gasteiger partial charge on any atom is 0.270 e. The number of nitrogens with zero attached hydrogens (tertiary/aromatic N) is 2. The molecule has 0 bridgehead atoms. The second kappa shape index (κ2) is 4.74. The molecule has 2 aromatic rings. The van der Waals surface area contributed by atoms with E-state index in [1.54, 1.807) is 0 Å². The maximum atomic E-state index is 11.9. The van der Waals surface area contributed by atoms with Gasteiger partial charge in [-0.25, -0.2) is 0 Å². The number of allylic oxidation sites excluding steroid dienone is 2. The minimum Gasteiger partial charge on any atom is -0.382 e. The molecule has 1 heterocycles. The van der Waals surface area contributed by atoms with Gasteiger partial charge in [-0.15, -0.1) is 5.10 Å². The summed E-state index contributed by atoms with van der Waals surface area (Å²) in [5, 5.41) is 4.14. The lowest BCUT2D eigenvalue weighted by Gasteiger charge is -2.30. The van der Waals surface area contributed by atoms with Crippen molar-refractivity contribution in [1.29, 1.82) is 0 Å². The molecule has 1 aromatic heterocycles. The standard InChI is InChI=1S/C17H17N3O/c1-3-15(21)20-14-11-17(2,12-7-5-4-6-8-12)10-9-13(14)16(18)19-20/h3-10H,1,11H2,2H3,(H2,18,19). The van der Waals surface area contributed by atoms with Gasteiger partial charge in [0.05, 0.1) is 5.69 Å². The van der Waals surface area contributed by atoms with Crippen LogP contribution in [0.15, 0.2) is 49.1 Å². The fourth-order valence-corrected chi connectivity index (χ4v) is 2.80. The number of hydrogen-bond donors (Lipinski definition) is 1. The van der Waals surface area contributed by atoms with Crippen molar-refractivity contribution in [3.8, 4) is 0 Å². The van der Waals surface area contributed by atoms with Crippen LogP contribution in [0.5, 0.6) is 0 Å². The fourth-order valence-electron chi connectivity index (χ4n) is 2.80. The van der Waals surface area contributed by atoms with Gasteiger partial charge in [0.2, 0.25) is 0 Å². The summed E-state index contributed by atoms with van der Waals surface area (Å²) >= 11 is 0. The molecule has 1 atom stereocenters. The Balaban J connectivity index is 2.10. The maximum absolute atomic E-state index is 11.9. The molecule has 0 saturated heterocycles. The lowest BCUT2D eigenvalue weighted by Crippen LogP contribution is -2.27. The van der Waals surface area contributed by atoms with E-state index < -0.39 is 0 Å². The molecule has 0 amide bonds. The predicted molar refractivity (Wildman–Crippen MR) is 84.0 cm³/mol. The second-order valence-electron chi connectivity index (χ2n) is 5.49. The highest BCUT2D eigenvalue weighted by Gasteiger charge is 2.32. The van der Waals surface area contributed by atoms with Crippen molar-refractivity contribution in [2.24, 2.45) is 0 Å². The summed E-state index contributed by atoms with van der Waals surface area (Å²) < 4.78 is 1.36. The monoisotopic (exact) mass is 279 g/mol. The quantitative estimate of drug-likeness (QED) is 0.860. The third-order valence-corrected chi connectivity index (χ3v) is 4.02. The number of rotatable bonds is 2. The molecule has 0 spiro atoms. The van der Waals surface area contributed by atoms with Gasteiger partial charge >= 0.3 is 0 Å². The first kappa shape index (κ1) is 13.4. The van der Waals surface area contributed by atoms with Crippen molar-refractivity contribution in [3.63, 3.8) is 0 Å². The van der Waals surface area contributed by atoms with Gasteiger partial charge < -0.3 is 5.73 Å². The van der Waals surface area contributed by atoms with Crippen LogP contribution >= 0.6 is 0 Å². The van der Waals surface area contributed by atoms with Crippen molar-refractivity contribution < 1.29 is 4.79 Å². The van der Waals surface area contributed by atoms with Crippen LogP contribution in [0.1, 0.15) is 28.5 Å². The van der Waals surface area contributed by atoms with Crippen LogP contribution < -0.4 is 5.73 Å². The Morgan fingerprint density at radius 2 is 2.14 bits per heavy atom. The summed E-state index contributed by atoms with van der Waals surface area (Å²) in [6.07, 6.45) is 6.02. The number of anilines is 1. The molecule has 0 saturated carbocycles. The number of fused-ring (bicyclic) bond motifs is 1. The Kier molecular flexibility index (Phi) is 3.01. The third kappa shape index (κ3) is 2.09. The van der Waals surface area contributed by atoms with Gasteiger partial charge in [-0.05, 0) is 11.6 Å². The molecule has 4 nitrogen and oxygen atoms in total. The lowest BCUT2D eigenvalue weighted by atomic mass is 9.75. The van der Waals surface area contributed by atoms with Gasteiger partial charge in [0, 0.05) is 17.4 Å². The molecule has 1 aromatic carbocycles. The Morgan fingerprint density at radius 3 is 2.81 bits per heavy atom. The van der Waals surface area contributed by atoms with Crippen LogP contribution in [-0.4, -0.2) is 15.7 Å². The second-order valence-corrected chi connectivity index (χ2v) is 5.49. The van der Waals surface area contributed by atoms with E-state index in [4.69, 9.17) is 5.73 Å². The number of nitrogen functional groups attached to an aromatic ring is 1. The number of benzene rings is 1. The van der Waals surface area contributed by atoms with Gasteiger partial charge in [-0.3, -0.25) is 4.79 Å². The van der Waals surface area contributed by atoms with E-state index in [0.29, 0.717) is 12.2 Å². The summed E-state index contributed by atoms with van der Waals surface area (Å²) in [7, 11) is 0. The largest absolute Gasteiger partial charge is 0.382 e. The molecule has 1 unspecified atom stereocenters. The van der Waals surface area contributed by atoms with Crippen LogP contribution in [0.2, 0.25) is 0 Å². The highest BCUT2D eigenvalue weighted by molar-refractivity contribution is 5.90. The summed E-state index contributed by atoms with van der Waals surface area (Å²) in [6, 6.07) is 10.2. The highest BCUT2D eigenvalue weighted by atomic mass is 16.2. The van der Waals surface area contributed by atoms with Crippen LogP contribution in [0, 0.1) is 0 Å². The summed E-state index contributed by atoms with van der Waals surface area (Å²) in [5.74, 6) is 0.125. The van der Waals surface area contributed by atoms with Crippen molar-refractivity contribution in [2.75, 3.05) is 5.73 Å². The molecule has 21 heavy (non-hydrogen) atoms. The van der Waals surface area contributed by atoms with Crippen molar-refractivity contribution >= 4 is 17.8 Å². The molecule has 3 rings (SSSR count). The number of hydrogen-bond acceptors (Lipinski definition) is 3. The van der Waals surface area contributed by atoms with Gasteiger partial charge in [0.1, 0.15) is 0 Å².